The third-order valence-corrected chi connectivity index (χ3v) is 4.48. The van der Waals surface area contributed by atoms with Crippen molar-refractivity contribution in [2.45, 2.75) is 30.6 Å². The van der Waals surface area contributed by atoms with Crippen LogP contribution in [0.2, 0.25) is 0 Å². The van der Waals surface area contributed by atoms with Crippen molar-refractivity contribution < 1.29 is 18.3 Å². The molecule has 0 heterocycles. The van der Waals surface area contributed by atoms with Crippen LogP contribution in [-0.4, -0.2) is 25.6 Å². The average molecular weight is 244 g/mol. The molecule has 0 aliphatic heterocycles. The van der Waals surface area contributed by atoms with E-state index in [1.807, 2.05) is 0 Å². The quantitative estimate of drug-likeness (QED) is 0.875. The summed E-state index contributed by atoms with van der Waals surface area (Å²) in [6.45, 7) is 4.26. The van der Waals surface area contributed by atoms with E-state index in [-0.39, 0.29) is 10.6 Å². The lowest BCUT2D eigenvalue weighted by Crippen LogP contribution is -2.31. The summed E-state index contributed by atoms with van der Waals surface area (Å²) in [5, 5.41) is 9.67. The molecule has 0 atom stereocenters. The normalized spacial score (nSPS) is 12.6. The summed E-state index contributed by atoms with van der Waals surface area (Å²) in [5.41, 5.74) is 0.795. The molecule has 1 aromatic carbocycles. The van der Waals surface area contributed by atoms with Gasteiger partial charge < -0.3 is 9.84 Å². The van der Waals surface area contributed by atoms with Gasteiger partial charge in [0.1, 0.15) is 10.6 Å². The number of aliphatic hydroxyl groups is 1. The molecule has 1 rings (SSSR count). The van der Waals surface area contributed by atoms with E-state index in [2.05, 4.69) is 0 Å². The molecule has 0 amide bonds. The third kappa shape index (κ3) is 2.20. The number of rotatable bonds is 3. The highest BCUT2D eigenvalue weighted by Gasteiger charge is 2.35. The van der Waals surface area contributed by atoms with Gasteiger partial charge in [-0.3, -0.25) is 0 Å². The number of hydrogen-bond donors (Lipinski definition) is 1. The van der Waals surface area contributed by atoms with Crippen LogP contribution in [-0.2, 0) is 9.84 Å². The van der Waals surface area contributed by atoms with Crippen molar-refractivity contribution in [2.24, 2.45) is 0 Å². The van der Waals surface area contributed by atoms with Crippen LogP contribution in [0.3, 0.4) is 0 Å². The van der Waals surface area contributed by atoms with E-state index >= 15 is 0 Å². The molecule has 0 saturated carbocycles. The maximum atomic E-state index is 12.1. The van der Waals surface area contributed by atoms with E-state index in [1.54, 1.807) is 19.1 Å². The molecule has 5 heteroatoms. The molecule has 16 heavy (non-hydrogen) atoms. The van der Waals surface area contributed by atoms with Crippen molar-refractivity contribution >= 4 is 9.84 Å². The predicted molar refractivity (Wildman–Crippen MR) is 61.2 cm³/mol. The lowest BCUT2D eigenvalue weighted by molar-refractivity contribution is 0.164. The van der Waals surface area contributed by atoms with Crippen molar-refractivity contribution in [3.63, 3.8) is 0 Å². The Hall–Kier alpha value is -1.07. The summed E-state index contributed by atoms with van der Waals surface area (Å²) in [5.74, 6) is 0.243. The Morgan fingerprint density at radius 1 is 1.31 bits per heavy atom. The Balaban J connectivity index is 3.50. The number of ether oxygens (including phenoxy) is 1. The summed E-state index contributed by atoms with van der Waals surface area (Å²) < 4.78 is 29.1. The predicted octanol–water partition coefficient (Wildman–Crippen LogP) is 1.51. The molecule has 0 bridgehead atoms. The van der Waals surface area contributed by atoms with Gasteiger partial charge in [-0.25, -0.2) is 8.42 Å². The first-order valence-corrected chi connectivity index (χ1v) is 6.30. The van der Waals surface area contributed by atoms with Gasteiger partial charge in [0.15, 0.2) is 4.93 Å². The van der Waals surface area contributed by atoms with E-state index < -0.39 is 14.8 Å². The maximum absolute atomic E-state index is 12.1. The molecule has 4 nitrogen and oxygen atoms in total. The minimum absolute atomic E-state index is 0.0162. The number of benzene rings is 1. The van der Waals surface area contributed by atoms with Crippen LogP contribution in [0.1, 0.15) is 19.4 Å². The molecular formula is C11H16O4S. The van der Waals surface area contributed by atoms with Gasteiger partial charge in [0, 0.05) is 0 Å². The lowest BCUT2D eigenvalue weighted by Gasteiger charge is -2.20. The molecule has 90 valence electrons. The maximum Gasteiger partial charge on any atom is 0.210 e. The number of methoxy groups -OCH3 is 1. The molecular weight excluding hydrogens is 228 g/mol. The topological polar surface area (TPSA) is 63.6 Å². The largest absolute Gasteiger partial charge is 0.495 e. The Morgan fingerprint density at radius 2 is 1.88 bits per heavy atom. The first-order chi connectivity index (χ1) is 7.20. The smallest absolute Gasteiger partial charge is 0.210 e. The van der Waals surface area contributed by atoms with Gasteiger partial charge in [0.2, 0.25) is 9.84 Å². The summed E-state index contributed by atoms with van der Waals surface area (Å²) in [7, 11) is -2.41. The molecule has 0 spiro atoms. The minimum Gasteiger partial charge on any atom is -0.495 e. The Kier molecular flexibility index (Phi) is 3.30. The highest BCUT2D eigenvalue weighted by molar-refractivity contribution is 7.92. The monoisotopic (exact) mass is 244 g/mol. The number of hydrogen-bond acceptors (Lipinski definition) is 4. The van der Waals surface area contributed by atoms with Gasteiger partial charge in [-0.1, -0.05) is 6.07 Å². The number of aryl methyl sites for hydroxylation is 1. The summed E-state index contributed by atoms with van der Waals surface area (Å²) >= 11 is 0. The molecule has 0 radical (unpaired) electrons. The summed E-state index contributed by atoms with van der Waals surface area (Å²) in [4.78, 5) is -1.81. The van der Waals surface area contributed by atoms with E-state index in [0.717, 1.165) is 5.56 Å². The Bertz CT molecular complexity index is 483. The zero-order valence-corrected chi connectivity index (χ0v) is 10.6. The molecule has 1 N–H and O–H groups in total. The highest BCUT2D eigenvalue weighted by atomic mass is 32.2. The first-order valence-electron chi connectivity index (χ1n) is 4.82. The minimum atomic E-state index is -3.81. The van der Waals surface area contributed by atoms with Gasteiger partial charge in [-0.15, -0.1) is 0 Å². The standard InChI is InChI=1S/C11H16O4S/c1-8-5-6-9(15-4)10(7-8)16(13,14)11(2,3)12/h5-7,12H,1-4H3. The highest BCUT2D eigenvalue weighted by Crippen LogP contribution is 2.31. The van der Waals surface area contributed by atoms with Gasteiger partial charge >= 0.3 is 0 Å². The van der Waals surface area contributed by atoms with E-state index in [9.17, 15) is 13.5 Å². The Morgan fingerprint density at radius 3 is 2.31 bits per heavy atom. The van der Waals surface area contributed by atoms with Crippen LogP contribution in [0.4, 0.5) is 0 Å². The van der Waals surface area contributed by atoms with Crippen LogP contribution >= 0.6 is 0 Å². The third-order valence-electron chi connectivity index (χ3n) is 2.27. The molecule has 0 saturated heterocycles. The molecule has 0 unspecified atom stereocenters. The molecule has 1 aromatic rings. The van der Waals surface area contributed by atoms with Crippen LogP contribution in [0.25, 0.3) is 0 Å². The molecule has 0 aliphatic carbocycles. The molecule has 0 aliphatic rings. The zero-order valence-electron chi connectivity index (χ0n) is 9.81. The SMILES string of the molecule is COc1ccc(C)cc1S(=O)(=O)C(C)(C)O. The van der Waals surface area contributed by atoms with Crippen LogP contribution < -0.4 is 4.74 Å². The lowest BCUT2D eigenvalue weighted by atomic mass is 10.2. The van der Waals surface area contributed by atoms with Crippen molar-refractivity contribution in [2.75, 3.05) is 7.11 Å². The van der Waals surface area contributed by atoms with Crippen LogP contribution in [0, 0.1) is 6.92 Å². The van der Waals surface area contributed by atoms with Gasteiger partial charge in [0.05, 0.1) is 7.11 Å². The van der Waals surface area contributed by atoms with Crippen molar-refractivity contribution in [3.8, 4) is 5.75 Å². The number of sulfone groups is 1. The Labute approximate surface area is 95.8 Å². The van der Waals surface area contributed by atoms with E-state index in [1.165, 1.54) is 27.0 Å². The van der Waals surface area contributed by atoms with E-state index in [4.69, 9.17) is 4.74 Å². The van der Waals surface area contributed by atoms with Gasteiger partial charge in [-0.05, 0) is 38.5 Å². The fraction of sp³-hybridized carbons (Fsp3) is 0.455. The first kappa shape index (κ1) is 13.0. The fourth-order valence-corrected chi connectivity index (χ4v) is 2.56. The average Bonchev–Trinajstić information content (AvgIpc) is 2.16. The molecule has 0 aromatic heterocycles. The second-order valence-corrected chi connectivity index (χ2v) is 6.55. The second kappa shape index (κ2) is 4.07. The summed E-state index contributed by atoms with van der Waals surface area (Å²) in [6.07, 6.45) is 0. The zero-order chi connectivity index (χ0) is 12.6. The second-order valence-electron chi connectivity index (χ2n) is 4.10. The fourth-order valence-electron chi connectivity index (χ4n) is 1.26. The summed E-state index contributed by atoms with van der Waals surface area (Å²) in [6, 6.07) is 4.82. The van der Waals surface area contributed by atoms with Gasteiger partial charge in [0.25, 0.3) is 0 Å². The van der Waals surface area contributed by atoms with Gasteiger partial charge in [-0.2, -0.15) is 0 Å². The van der Waals surface area contributed by atoms with Crippen molar-refractivity contribution in [3.05, 3.63) is 23.8 Å². The molecule has 0 fully saturated rings. The van der Waals surface area contributed by atoms with Crippen molar-refractivity contribution in [1.82, 2.24) is 0 Å². The van der Waals surface area contributed by atoms with E-state index in [0.29, 0.717) is 0 Å². The van der Waals surface area contributed by atoms with Crippen LogP contribution in [0.5, 0.6) is 5.75 Å². The van der Waals surface area contributed by atoms with Crippen molar-refractivity contribution in [1.29, 1.82) is 0 Å². The van der Waals surface area contributed by atoms with Crippen LogP contribution in [0.15, 0.2) is 23.1 Å².